The molecule has 0 spiro atoms. The molecule has 4 aromatic rings. The molecule has 27 heavy (non-hydrogen) atoms. The van der Waals surface area contributed by atoms with Crippen LogP contribution in [0.1, 0.15) is 11.3 Å². The van der Waals surface area contributed by atoms with Crippen LogP contribution in [0.15, 0.2) is 47.8 Å². The smallest absolute Gasteiger partial charge is 0.260 e. The molecule has 0 bridgehead atoms. The third-order valence-corrected chi connectivity index (χ3v) is 4.79. The first-order valence-electron chi connectivity index (χ1n) is 7.78. The summed E-state index contributed by atoms with van der Waals surface area (Å²) in [5.74, 6) is 0.682. The molecule has 4 rings (SSSR count). The highest BCUT2D eigenvalue weighted by atomic mass is 32.2. The van der Waals surface area contributed by atoms with Crippen molar-refractivity contribution < 1.29 is 13.2 Å². The Balaban J connectivity index is 1.70. The molecule has 0 amide bonds. The molecular weight excluding hydrogens is 379 g/mol. The van der Waals surface area contributed by atoms with Gasteiger partial charge in [0.05, 0.1) is 22.3 Å². The summed E-state index contributed by atoms with van der Waals surface area (Å²) in [4.78, 5) is 8.59. The van der Waals surface area contributed by atoms with Crippen molar-refractivity contribution in [3.05, 3.63) is 53.9 Å². The maximum Gasteiger partial charge on any atom is 0.416 e. The monoisotopic (exact) mass is 391 g/mol. The van der Waals surface area contributed by atoms with Gasteiger partial charge in [0, 0.05) is 19.0 Å². The van der Waals surface area contributed by atoms with Crippen LogP contribution in [-0.4, -0.2) is 34.7 Å². The van der Waals surface area contributed by atoms with Gasteiger partial charge >= 0.3 is 6.18 Å². The van der Waals surface area contributed by atoms with Gasteiger partial charge in [0.2, 0.25) is 0 Å². The average molecular weight is 391 g/mol. The van der Waals surface area contributed by atoms with E-state index < -0.39 is 11.7 Å². The fourth-order valence-electron chi connectivity index (χ4n) is 2.58. The largest absolute Gasteiger partial charge is 0.416 e. The molecule has 11 heteroatoms. The number of thioether (sulfide) groups is 1. The summed E-state index contributed by atoms with van der Waals surface area (Å²) in [7, 11) is 1.70. The quantitative estimate of drug-likeness (QED) is 0.497. The zero-order valence-electron chi connectivity index (χ0n) is 13.9. The highest BCUT2D eigenvalue weighted by molar-refractivity contribution is 7.98. The molecule has 0 aliphatic heterocycles. The van der Waals surface area contributed by atoms with E-state index in [1.807, 2.05) is 24.3 Å². The van der Waals surface area contributed by atoms with Crippen LogP contribution in [0.4, 0.5) is 13.2 Å². The van der Waals surface area contributed by atoms with Crippen LogP contribution in [-0.2, 0) is 19.0 Å². The first-order chi connectivity index (χ1) is 12.9. The molecule has 0 saturated carbocycles. The number of aryl methyl sites for hydroxylation is 1. The van der Waals surface area contributed by atoms with Crippen LogP contribution in [0.25, 0.3) is 17.0 Å². The number of para-hydroxylation sites is 2. The molecule has 0 N–H and O–H groups in total. The van der Waals surface area contributed by atoms with Crippen molar-refractivity contribution in [2.75, 3.05) is 0 Å². The number of hydrogen-bond donors (Lipinski definition) is 0. The lowest BCUT2D eigenvalue weighted by molar-refractivity contribution is -0.137. The van der Waals surface area contributed by atoms with Gasteiger partial charge in [0.15, 0.2) is 5.16 Å². The first-order valence-corrected chi connectivity index (χ1v) is 8.77. The number of pyridine rings is 1. The molecule has 1 aromatic carbocycles. The molecule has 7 nitrogen and oxygen atoms in total. The van der Waals surface area contributed by atoms with E-state index in [-0.39, 0.29) is 5.75 Å². The highest BCUT2D eigenvalue weighted by Gasteiger charge is 2.30. The summed E-state index contributed by atoms with van der Waals surface area (Å²) in [6, 6.07) is 9.45. The van der Waals surface area contributed by atoms with Gasteiger partial charge in [-0.2, -0.15) is 13.2 Å². The molecule has 0 aliphatic rings. The molecule has 0 atom stereocenters. The molecule has 0 fully saturated rings. The van der Waals surface area contributed by atoms with Crippen molar-refractivity contribution in [3.8, 4) is 5.95 Å². The predicted octanol–water partition coefficient (Wildman–Crippen LogP) is 3.26. The Labute approximate surface area is 155 Å². The van der Waals surface area contributed by atoms with Crippen LogP contribution in [0, 0.1) is 0 Å². The zero-order chi connectivity index (χ0) is 19.0. The van der Waals surface area contributed by atoms with Gasteiger partial charge in [-0.3, -0.25) is 9.55 Å². The minimum absolute atomic E-state index is 0.221. The number of fused-ring (bicyclic) bond motifs is 1. The Morgan fingerprint density at radius 1 is 1.15 bits per heavy atom. The standard InChI is InChI=1S/C16H12F3N7S/c1-25-14(22-23-24-25)26-13-5-3-2-4-12(13)21-15(26)27-9-11-8-10(6-7-20-11)16(17,18)19/h2-8H,9H2,1H3. The van der Waals surface area contributed by atoms with Gasteiger partial charge < -0.3 is 0 Å². The third-order valence-electron chi connectivity index (χ3n) is 3.82. The van der Waals surface area contributed by atoms with Crippen molar-refractivity contribution in [1.29, 1.82) is 0 Å². The van der Waals surface area contributed by atoms with E-state index in [2.05, 4.69) is 25.5 Å². The predicted molar refractivity (Wildman–Crippen MR) is 92.2 cm³/mol. The summed E-state index contributed by atoms with van der Waals surface area (Å²) < 4.78 is 41.9. The second-order valence-electron chi connectivity index (χ2n) is 5.64. The number of alkyl halides is 3. The molecule has 3 aromatic heterocycles. The number of aromatic nitrogens is 7. The third kappa shape index (κ3) is 3.37. The number of nitrogens with zero attached hydrogens (tertiary/aromatic N) is 7. The van der Waals surface area contributed by atoms with Gasteiger partial charge in [-0.1, -0.05) is 29.0 Å². The number of tetrazole rings is 1. The lowest BCUT2D eigenvalue weighted by Gasteiger charge is -2.09. The van der Waals surface area contributed by atoms with E-state index in [4.69, 9.17) is 0 Å². The van der Waals surface area contributed by atoms with Crippen LogP contribution < -0.4 is 0 Å². The number of benzene rings is 1. The van der Waals surface area contributed by atoms with Gasteiger partial charge in [0.1, 0.15) is 0 Å². The highest BCUT2D eigenvalue weighted by Crippen LogP contribution is 2.32. The van der Waals surface area contributed by atoms with Gasteiger partial charge in [-0.25, -0.2) is 9.67 Å². The zero-order valence-corrected chi connectivity index (χ0v) is 14.7. The van der Waals surface area contributed by atoms with E-state index in [0.29, 0.717) is 16.8 Å². The fraction of sp³-hybridized carbons (Fsp3) is 0.188. The lowest BCUT2D eigenvalue weighted by Crippen LogP contribution is -2.07. The number of imidazole rings is 1. The number of halogens is 3. The molecule has 138 valence electrons. The maximum atomic E-state index is 12.9. The van der Waals surface area contributed by atoms with Crippen molar-refractivity contribution in [3.63, 3.8) is 0 Å². The topological polar surface area (TPSA) is 74.3 Å². The van der Waals surface area contributed by atoms with Crippen molar-refractivity contribution >= 4 is 22.8 Å². The lowest BCUT2D eigenvalue weighted by atomic mass is 10.2. The fourth-order valence-corrected chi connectivity index (χ4v) is 3.49. The summed E-state index contributed by atoms with van der Waals surface area (Å²) in [5.41, 5.74) is 1.12. The second kappa shape index (κ2) is 6.65. The Kier molecular flexibility index (Phi) is 4.30. The minimum Gasteiger partial charge on any atom is -0.260 e. The number of hydrogen-bond acceptors (Lipinski definition) is 6. The van der Waals surface area contributed by atoms with Crippen LogP contribution in [0.5, 0.6) is 0 Å². The molecule has 0 unspecified atom stereocenters. The molecular formula is C16H12F3N7S. The Morgan fingerprint density at radius 2 is 1.96 bits per heavy atom. The second-order valence-corrected chi connectivity index (χ2v) is 6.59. The van der Waals surface area contributed by atoms with E-state index in [0.717, 1.165) is 29.4 Å². The summed E-state index contributed by atoms with van der Waals surface area (Å²) in [6.45, 7) is 0. The van der Waals surface area contributed by atoms with Crippen LogP contribution >= 0.6 is 11.8 Å². The maximum absolute atomic E-state index is 12.9. The summed E-state index contributed by atoms with van der Waals surface area (Å²) in [5, 5.41) is 12.1. The summed E-state index contributed by atoms with van der Waals surface area (Å²) in [6.07, 6.45) is -3.24. The first kappa shape index (κ1) is 17.5. The van der Waals surface area contributed by atoms with Crippen molar-refractivity contribution in [2.24, 2.45) is 7.05 Å². The van der Waals surface area contributed by atoms with Crippen molar-refractivity contribution in [1.82, 2.24) is 34.7 Å². The van der Waals surface area contributed by atoms with Gasteiger partial charge in [-0.05, 0) is 34.7 Å². The Morgan fingerprint density at radius 3 is 2.70 bits per heavy atom. The minimum atomic E-state index is -4.40. The van der Waals surface area contributed by atoms with Crippen molar-refractivity contribution in [2.45, 2.75) is 17.1 Å². The summed E-state index contributed by atoms with van der Waals surface area (Å²) >= 11 is 1.27. The SMILES string of the molecule is Cn1nnnc1-n1c(SCc2cc(C(F)(F)F)ccn2)nc2ccccc21. The van der Waals surface area contributed by atoms with E-state index in [1.165, 1.54) is 16.4 Å². The van der Waals surface area contributed by atoms with Gasteiger partial charge in [0.25, 0.3) is 5.95 Å². The Bertz CT molecular complexity index is 1100. The average Bonchev–Trinajstić information content (AvgIpc) is 3.22. The van der Waals surface area contributed by atoms with E-state index in [9.17, 15) is 13.2 Å². The van der Waals surface area contributed by atoms with Crippen LogP contribution in [0.2, 0.25) is 0 Å². The molecule has 3 heterocycles. The molecule has 0 saturated heterocycles. The molecule has 0 aliphatic carbocycles. The number of rotatable bonds is 4. The van der Waals surface area contributed by atoms with Gasteiger partial charge in [-0.15, -0.1) is 0 Å². The van der Waals surface area contributed by atoms with E-state index in [1.54, 1.807) is 11.6 Å². The normalized spacial score (nSPS) is 12.0. The molecule has 0 radical (unpaired) electrons. The van der Waals surface area contributed by atoms with E-state index >= 15 is 0 Å². The van der Waals surface area contributed by atoms with Crippen LogP contribution in [0.3, 0.4) is 0 Å². The Hall–Kier alpha value is -2.95.